The summed E-state index contributed by atoms with van der Waals surface area (Å²) in [6.07, 6.45) is 0. The fraction of sp³-hybridized carbons (Fsp3) is 0.500. The molecule has 96 valence electrons. The van der Waals surface area contributed by atoms with E-state index >= 15 is 0 Å². The van der Waals surface area contributed by atoms with Gasteiger partial charge in [0.05, 0.1) is 13.7 Å². The highest BCUT2D eigenvalue weighted by Crippen LogP contribution is 2.29. The van der Waals surface area contributed by atoms with Gasteiger partial charge in [-0.3, -0.25) is 4.90 Å². The van der Waals surface area contributed by atoms with Crippen molar-refractivity contribution in [2.45, 2.75) is 5.25 Å². The number of methoxy groups -OCH3 is 1. The molecule has 3 nitrogen and oxygen atoms in total. The van der Waals surface area contributed by atoms with Crippen molar-refractivity contribution in [3.8, 4) is 5.75 Å². The lowest BCUT2D eigenvalue weighted by molar-refractivity contribution is 0.333. The Morgan fingerprint density at radius 1 is 1.47 bits per heavy atom. The maximum absolute atomic E-state index is 12.0. The highest BCUT2D eigenvalue weighted by atomic mass is 35.5. The Bertz CT molecular complexity index is 364. The van der Waals surface area contributed by atoms with Crippen LogP contribution in [0.3, 0.4) is 0 Å². The van der Waals surface area contributed by atoms with Gasteiger partial charge in [-0.1, -0.05) is 12.1 Å². The summed E-state index contributed by atoms with van der Waals surface area (Å²) in [5.41, 5.74) is 1.12. The fourth-order valence-electron chi connectivity index (χ4n) is 1.94. The van der Waals surface area contributed by atoms with E-state index in [9.17, 15) is 4.55 Å². The number of hydrogen-bond donors (Lipinski definition) is 0. The first-order valence-electron chi connectivity index (χ1n) is 5.40. The van der Waals surface area contributed by atoms with E-state index in [1.807, 2.05) is 24.3 Å². The zero-order chi connectivity index (χ0) is 11.5. The predicted molar refractivity (Wildman–Crippen MR) is 73.5 cm³/mol. The number of ether oxygens (including phenoxy) is 1. The van der Waals surface area contributed by atoms with E-state index in [2.05, 4.69) is 11.9 Å². The van der Waals surface area contributed by atoms with Gasteiger partial charge in [-0.25, -0.2) is 0 Å². The van der Waals surface area contributed by atoms with Crippen LogP contribution in [0.2, 0.25) is 0 Å². The lowest BCUT2D eigenvalue weighted by Gasteiger charge is -2.32. The number of hydrogen-bond acceptors (Lipinski definition) is 3. The molecule has 2 unspecified atom stereocenters. The zero-order valence-corrected chi connectivity index (χ0v) is 11.7. The molecule has 0 aromatic heterocycles. The lowest BCUT2D eigenvalue weighted by atomic mass is 10.1. The summed E-state index contributed by atoms with van der Waals surface area (Å²) in [7, 11) is 3.73. The Kier molecular flexibility index (Phi) is 5.59. The Hall–Kier alpha value is -0.420. The second-order valence-electron chi connectivity index (χ2n) is 4.11. The quantitative estimate of drug-likeness (QED) is 0.773. The van der Waals surface area contributed by atoms with E-state index in [0.29, 0.717) is 0 Å². The number of halogens is 1. The third kappa shape index (κ3) is 3.52. The van der Waals surface area contributed by atoms with Crippen molar-refractivity contribution in [1.29, 1.82) is 0 Å². The van der Waals surface area contributed by atoms with Crippen LogP contribution in [0, 0.1) is 0 Å². The second-order valence-corrected chi connectivity index (χ2v) is 5.85. The minimum Gasteiger partial charge on any atom is -0.616 e. The summed E-state index contributed by atoms with van der Waals surface area (Å²) >= 11 is -0.757. The molecule has 1 fully saturated rings. The van der Waals surface area contributed by atoms with E-state index in [1.54, 1.807) is 7.11 Å². The van der Waals surface area contributed by atoms with Crippen LogP contribution in [-0.4, -0.2) is 42.5 Å². The van der Waals surface area contributed by atoms with Gasteiger partial charge in [-0.15, -0.1) is 12.4 Å². The average molecular weight is 276 g/mol. The van der Waals surface area contributed by atoms with Crippen LogP contribution >= 0.6 is 12.4 Å². The van der Waals surface area contributed by atoms with E-state index < -0.39 is 11.2 Å². The molecule has 0 radical (unpaired) electrons. The lowest BCUT2D eigenvalue weighted by Crippen LogP contribution is -2.40. The zero-order valence-electron chi connectivity index (χ0n) is 10.1. The normalized spacial score (nSPS) is 25.1. The largest absolute Gasteiger partial charge is 0.616 e. The predicted octanol–water partition coefficient (Wildman–Crippen LogP) is 1.85. The Balaban J connectivity index is 0.00000144. The van der Waals surface area contributed by atoms with E-state index in [4.69, 9.17) is 4.74 Å². The van der Waals surface area contributed by atoms with Crippen LogP contribution < -0.4 is 4.74 Å². The molecule has 1 aliphatic rings. The fourth-order valence-corrected chi connectivity index (χ4v) is 3.59. The Morgan fingerprint density at radius 2 is 2.24 bits per heavy atom. The highest BCUT2D eigenvalue weighted by molar-refractivity contribution is 7.91. The van der Waals surface area contributed by atoms with Gasteiger partial charge in [-0.2, -0.15) is 0 Å². The third-order valence-corrected chi connectivity index (χ3v) is 4.58. The molecule has 5 heteroatoms. The molecule has 1 saturated heterocycles. The van der Waals surface area contributed by atoms with Crippen LogP contribution in [0.5, 0.6) is 5.75 Å². The summed E-state index contributed by atoms with van der Waals surface area (Å²) < 4.78 is 17.2. The highest BCUT2D eigenvalue weighted by Gasteiger charge is 2.30. The number of benzene rings is 1. The number of rotatable bonds is 2. The minimum atomic E-state index is -0.757. The van der Waals surface area contributed by atoms with Crippen LogP contribution in [0.25, 0.3) is 0 Å². The summed E-state index contributed by atoms with van der Waals surface area (Å²) in [6, 6.07) is 7.89. The van der Waals surface area contributed by atoms with Gasteiger partial charge in [0.1, 0.15) is 11.5 Å². The van der Waals surface area contributed by atoms with Crippen LogP contribution in [0.15, 0.2) is 24.3 Å². The maximum Gasteiger partial charge on any atom is 0.153 e. The van der Waals surface area contributed by atoms with Gasteiger partial charge in [0, 0.05) is 12.1 Å². The first-order valence-corrected chi connectivity index (χ1v) is 6.78. The van der Waals surface area contributed by atoms with Crippen molar-refractivity contribution in [3.05, 3.63) is 29.8 Å². The molecule has 1 aromatic carbocycles. The van der Waals surface area contributed by atoms with Gasteiger partial charge in [0.2, 0.25) is 0 Å². The molecule has 0 aliphatic carbocycles. The van der Waals surface area contributed by atoms with Crippen molar-refractivity contribution >= 4 is 23.6 Å². The van der Waals surface area contributed by atoms with Gasteiger partial charge in [0.25, 0.3) is 0 Å². The Morgan fingerprint density at radius 3 is 2.94 bits per heavy atom. The molecule has 1 heterocycles. The van der Waals surface area contributed by atoms with Crippen molar-refractivity contribution in [2.75, 3.05) is 33.0 Å². The van der Waals surface area contributed by atoms with Crippen molar-refractivity contribution in [3.63, 3.8) is 0 Å². The molecular formula is C12H18ClNO2S. The molecule has 1 aliphatic heterocycles. The van der Waals surface area contributed by atoms with Crippen LogP contribution in [0.1, 0.15) is 10.8 Å². The molecule has 0 amide bonds. The maximum atomic E-state index is 12.0. The van der Waals surface area contributed by atoms with Crippen molar-refractivity contribution < 1.29 is 9.29 Å². The van der Waals surface area contributed by atoms with E-state index in [0.717, 1.165) is 30.2 Å². The third-order valence-electron chi connectivity index (χ3n) is 2.93. The molecule has 0 spiro atoms. The topological polar surface area (TPSA) is 35.5 Å². The standard InChI is InChI=1S/C12H17NO2S.ClH/c1-13-6-7-16(14)12(9-13)10-4-3-5-11(8-10)15-2;/h3-5,8,12H,6-7,9H2,1-2H3;1H. The van der Waals surface area contributed by atoms with Gasteiger partial charge < -0.3 is 9.29 Å². The minimum absolute atomic E-state index is 0. The molecule has 17 heavy (non-hydrogen) atoms. The summed E-state index contributed by atoms with van der Waals surface area (Å²) in [5.74, 6) is 1.60. The van der Waals surface area contributed by atoms with Crippen LogP contribution in [-0.2, 0) is 11.2 Å². The van der Waals surface area contributed by atoms with E-state index in [1.165, 1.54) is 0 Å². The first-order chi connectivity index (χ1) is 7.70. The molecule has 1 aromatic rings. The number of nitrogens with zero attached hydrogens (tertiary/aromatic N) is 1. The summed E-state index contributed by atoms with van der Waals surface area (Å²) in [6.45, 7) is 1.78. The van der Waals surface area contributed by atoms with Crippen molar-refractivity contribution in [1.82, 2.24) is 4.90 Å². The van der Waals surface area contributed by atoms with Gasteiger partial charge in [-0.05, 0) is 30.4 Å². The molecule has 0 N–H and O–H groups in total. The smallest absolute Gasteiger partial charge is 0.153 e. The average Bonchev–Trinajstić information content (AvgIpc) is 2.32. The SMILES string of the molecule is COc1cccc(C2CN(C)CC[S+]2[O-])c1.Cl. The molecular weight excluding hydrogens is 258 g/mol. The van der Waals surface area contributed by atoms with Crippen LogP contribution in [0.4, 0.5) is 0 Å². The summed E-state index contributed by atoms with van der Waals surface area (Å²) in [4.78, 5) is 2.23. The molecule has 2 rings (SSSR count). The number of likely N-dealkylation sites (N-methyl/N-ethyl adjacent to an activating group) is 1. The van der Waals surface area contributed by atoms with Crippen molar-refractivity contribution in [2.24, 2.45) is 0 Å². The second kappa shape index (κ2) is 6.50. The van der Waals surface area contributed by atoms with Gasteiger partial charge in [0.15, 0.2) is 5.25 Å². The Labute approximate surface area is 112 Å². The summed E-state index contributed by atoms with van der Waals surface area (Å²) in [5, 5.41) is 0.119. The van der Waals surface area contributed by atoms with Gasteiger partial charge >= 0.3 is 0 Å². The van der Waals surface area contributed by atoms with E-state index in [-0.39, 0.29) is 17.7 Å². The molecule has 0 saturated carbocycles. The first kappa shape index (κ1) is 14.6. The molecule has 2 atom stereocenters. The molecule has 0 bridgehead atoms. The monoisotopic (exact) mass is 275 g/mol.